The van der Waals surface area contributed by atoms with Gasteiger partial charge in [-0.2, -0.15) is 12.6 Å². The van der Waals surface area contributed by atoms with Crippen LogP contribution in [0.25, 0.3) is 10.9 Å². The van der Waals surface area contributed by atoms with Gasteiger partial charge in [-0.15, -0.1) is 0 Å². The molecule has 0 bridgehead atoms. The smallest absolute Gasteiger partial charge is 0.146 e. The van der Waals surface area contributed by atoms with E-state index in [1.165, 1.54) is 0 Å². The largest absolute Gasteiger partial charge is 0.487 e. The van der Waals surface area contributed by atoms with E-state index in [0.29, 0.717) is 23.1 Å². The topological polar surface area (TPSA) is 22.1 Å². The lowest BCUT2D eigenvalue weighted by atomic mass is 10.2. The van der Waals surface area contributed by atoms with Crippen molar-refractivity contribution in [3.8, 4) is 5.75 Å². The molecule has 1 aromatic carbocycles. The summed E-state index contributed by atoms with van der Waals surface area (Å²) >= 11 is 10.2. The molecule has 88 valence electrons. The lowest BCUT2D eigenvalue weighted by Gasteiger charge is -2.09. The van der Waals surface area contributed by atoms with Crippen molar-refractivity contribution in [2.75, 3.05) is 12.4 Å². The Hall–Kier alpha value is -1.19. The van der Waals surface area contributed by atoms with Crippen LogP contribution >= 0.6 is 24.2 Å². The number of hydrogen-bond donors (Lipinski definition) is 1. The van der Waals surface area contributed by atoms with Crippen LogP contribution in [-0.4, -0.2) is 17.3 Å². The lowest BCUT2D eigenvalue weighted by molar-refractivity contribution is 0.357. The summed E-state index contributed by atoms with van der Waals surface area (Å²) < 4.78 is 5.66. The Balaban J connectivity index is 2.35. The molecule has 0 fully saturated rings. The Bertz CT molecular complexity index is 556. The molecule has 0 saturated heterocycles. The summed E-state index contributed by atoms with van der Waals surface area (Å²) in [5.74, 6) is 1.33. The van der Waals surface area contributed by atoms with Gasteiger partial charge in [0.15, 0.2) is 0 Å². The number of pyridine rings is 1. The monoisotopic (exact) mass is 265 g/mol. The van der Waals surface area contributed by atoms with Crippen LogP contribution in [0, 0.1) is 0 Å². The third-order valence-corrected chi connectivity index (χ3v) is 3.11. The maximum Gasteiger partial charge on any atom is 0.146 e. The van der Waals surface area contributed by atoms with Crippen LogP contribution in [-0.2, 0) is 0 Å². The summed E-state index contributed by atoms with van der Waals surface area (Å²) in [5.41, 5.74) is 1.69. The second-order valence-corrected chi connectivity index (χ2v) is 4.37. The average Bonchev–Trinajstić information content (AvgIpc) is 2.38. The van der Waals surface area contributed by atoms with Crippen molar-refractivity contribution in [1.82, 2.24) is 4.98 Å². The van der Waals surface area contributed by atoms with Crippen molar-refractivity contribution in [3.05, 3.63) is 47.6 Å². The second kappa shape index (κ2) is 5.43. The number of nitrogens with zero attached hydrogens (tertiary/aromatic N) is 1. The summed E-state index contributed by atoms with van der Waals surface area (Å²) in [7, 11) is 0. The second-order valence-electron chi connectivity index (χ2n) is 3.64. The van der Waals surface area contributed by atoms with Crippen LogP contribution in [0.15, 0.2) is 42.6 Å². The van der Waals surface area contributed by atoms with E-state index in [-0.39, 0.29) is 0 Å². The van der Waals surface area contributed by atoms with Crippen molar-refractivity contribution in [1.29, 1.82) is 0 Å². The Morgan fingerprint density at radius 2 is 2.24 bits per heavy atom. The summed E-state index contributed by atoms with van der Waals surface area (Å²) in [5, 5.41) is 1.57. The van der Waals surface area contributed by atoms with Gasteiger partial charge in [0.2, 0.25) is 0 Å². The van der Waals surface area contributed by atoms with Crippen molar-refractivity contribution >= 4 is 35.1 Å². The minimum atomic E-state index is 0.441. The van der Waals surface area contributed by atoms with Crippen molar-refractivity contribution in [2.45, 2.75) is 0 Å². The summed E-state index contributed by atoms with van der Waals surface area (Å²) in [4.78, 5) is 4.29. The molecule has 1 aromatic heterocycles. The average molecular weight is 266 g/mol. The molecular weight excluding hydrogens is 254 g/mol. The number of aromatic nitrogens is 1. The van der Waals surface area contributed by atoms with Gasteiger partial charge in [0, 0.05) is 17.3 Å². The van der Waals surface area contributed by atoms with E-state index in [1.54, 1.807) is 6.20 Å². The lowest BCUT2D eigenvalue weighted by Crippen LogP contribution is -2.02. The molecule has 4 heteroatoms. The summed E-state index contributed by atoms with van der Waals surface area (Å²) in [6, 6.07) is 7.41. The Kier molecular flexibility index (Phi) is 3.92. The molecule has 0 aliphatic rings. The first-order valence-corrected chi connectivity index (χ1v) is 6.17. The zero-order valence-corrected chi connectivity index (χ0v) is 10.8. The standard InChI is InChI=1S/C13H12ClNOS/c1-9(8-17)7-16-12-5-4-11(14)10-3-2-6-15-13(10)12/h2-6,17H,1,7-8H2. The molecule has 1 heterocycles. The van der Waals surface area contributed by atoms with E-state index in [0.717, 1.165) is 16.5 Å². The zero-order chi connectivity index (χ0) is 12.3. The van der Waals surface area contributed by atoms with Gasteiger partial charge in [-0.3, -0.25) is 4.98 Å². The zero-order valence-electron chi connectivity index (χ0n) is 9.19. The number of ether oxygens (including phenoxy) is 1. The number of hydrogen-bond acceptors (Lipinski definition) is 3. The molecule has 0 spiro atoms. The van der Waals surface area contributed by atoms with E-state index >= 15 is 0 Å². The highest BCUT2D eigenvalue weighted by Gasteiger charge is 2.06. The molecule has 17 heavy (non-hydrogen) atoms. The highest BCUT2D eigenvalue weighted by Crippen LogP contribution is 2.29. The molecule has 0 radical (unpaired) electrons. The molecule has 0 unspecified atom stereocenters. The van der Waals surface area contributed by atoms with E-state index in [2.05, 4.69) is 24.2 Å². The Labute approximate surface area is 111 Å². The molecule has 2 nitrogen and oxygen atoms in total. The van der Waals surface area contributed by atoms with Gasteiger partial charge >= 0.3 is 0 Å². The maximum atomic E-state index is 6.09. The predicted molar refractivity (Wildman–Crippen MR) is 75.2 cm³/mol. The Morgan fingerprint density at radius 3 is 3.00 bits per heavy atom. The molecule has 2 rings (SSSR count). The Morgan fingerprint density at radius 1 is 1.41 bits per heavy atom. The normalized spacial score (nSPS) is 10.5. The van der Waals surface area contributed by atoms with Gasteiger partial charge in [-0.05, 0) is 29.8 Å². The molecule has 0 saturated carbocycles. The van der Waals surface area contributed by atoms with Gasteiger partial charge in [-0.1, -0.05) is 18.2 Å². The SMILES string of the molecule is C=C(CS)COc1ccc(Cl)c2cccnc12. The fourth-order valence-electron chi connectivity index (χ4n) is 1.45. The fourth-order valence-corrected chi connectivity index (χ4v) is 1.76. The van der Waals surface area contributed by atoms with Crippen LogP contribution in [0.2, 0.25) is 5.02 Å². The molecule has 0 aliphatic carbocycles. The fraction of sp³-hybridized carbons (Fsp3) is 0.154. The number of fused-ring (bicyclic) bond motifs is 1. The van der Waals surface area contributed by atoms with Gasteiger partial charge in [0.25, 0.3) is 0 Å². The van der Waals surface area contributed by atoms with Crippen LogP contribution in [0.3, 0.4) is 0 Å². The summed E-state index contributed by atoms with van der Waals surface area (Å²) in [6.07, 6.45) is 1.72. The number of thiol groups is 1. The summed E-state index contributed by atoms with van der Waals surface area (Å²) in [6.45, 7) is 4.28. The first-order chi connectivity index (χ1) is 8.22. The highest BCUT2D eigenvalue weighted by molar-refractivity contribution is 7.80. The number of benzene rings is 1. The number of halogens is 1. The first-order valence-electron chi connectivity index (χ1n) is 5.16. The quantitative estimate of drug-likeness (QED) is 0.672. The van der Waals surface area contributed by atoms with Crippen LogP contribution in [0.1, 0.15) is 0 Å². The van der Waals surface area contributed by atoms with Crippen LogP contribution < -0.4 is 4.74 Å². The van der Waals surface area contributed by atoms with Crippen molar-refractivity contribution in [3.63, 3.8) is 0 Å². The van der Waals surface area contributed by atoms with Crippen LogP contribution in [0.4, 0.5) is 0 Å². The first kappa shape index (κ1) is 12.3. The molecular formula is C13H12ClNOS. The van der Waals surface area contributed by atoms with Gasteiger partial charge in [0.05, 0.1) is 5.02 Å². The van der Waals surface area contributed by atoms with E-state index in [9.17, 15) is 0 Å². The predicted octanol–water partition coefficient (Wildman–Crippen LogP) is 3.75. The molecule has 0 amide bonds. The maximum absolute atomic E-state index is 6.09. The van der Waals surface area contributed by atoms with E-state index < -0.39 is 0 Å². The molecule has 0 atom stereocenters. The van der Waals surface area contributed by atoms with E-state index in [4.69, 9.17) is 16.3 Å². The minimum Gasteiger partial charge on any atom is -0.487 e. The number of rotatable bonds is 4. The third-order valence-electron chi connectivity index (χ3n) is 2.33. The van der Waals surface area contributed by atoms with Crippen molar-refractivity contribution in [2.24, 2.45) is 0 Å². The van der Waals surface area contributed by atoms with Gasteiger partial charge in [0.1, 0.15) is 17.9 Å². The highest BCUT2D eigenvalue weighted by atomic mass is 35.5. The third kappa shape index (κ3) is 2.73. The minimum absolute atomic E-state index is 0.441. The van der Waals surface area contributed by atoms with Crippen LogP contribution in [0.5, 0.6) is 5.75 Å². The molecule has 2 aromatic rings. The van der Waals surface area contributed by atoms with Gasteiger partial charge in [-0.25, -0.2) is 0 Å². The van der Waals surface area contributed by atoms with Crippen molar-refractivity contribution < 1.29 is 4.74 Å². The van der Waals surface area contributed by atoms with E-state index in [1.807, 2.05) is 24.3 Å². The molecule has 0 aliphatic heterocycles. The molecule has 0 N–H and O–H groups in total. The van der Waals surface area contributed by atoms with Gasteiger partial charge < -0.3 is 4.74 Å².